The fourth-order valence-electron chi connectivity index (χ4n) is 1.86. The summed E-state index contributed by atoms with van der Waals surface area (Å²) >= 11 is 0. The highest BCUT2D eigenvalue weighted by atomic mass is 16.5. The monoisotopic (exact) mass is 255 g/mol. The zero-order chi connectivity index (χ0) is 12.8. The second-order valence-electron chi connectivity index (χ2n) is 4.17. The number of hydrogen-bond donors (Lipinski definition) is 1. The number of carboxylic acid groups (broad SMARTS) is 1. The van der Waals surface area contributed by atoms with Crippen molar-refractivity contribution in [3.63, 3.8) is 0 Å². The molecule has 0 bridgehead atoms. The molecule has 1 aromatic rings. The predicted molar refractivity (Wildman–Crippen MR) is 61.0 cm³/mol. The van der Waals surface area contributed by atoms with Crippen molar-refractivity contribution in [1.29, 1.82) is 0 Å². The zero-order valence-corrected chi connectivity index (χ0v) is 10.2. The second kappa shape index (κ2) is 6.41. The van der Waals surface area contributed by atoms with Crippen LogP contribution in [0.4, 0.5) is 0 Å². The fourth-order valence-corrected chi connectivity index (χ4v) is 1.86. The number of aliphatic carboxylic acids is 1. The van der Waals surface area contributed by atoms with Crippen molar-refractivity contribution in [3.8, 4) is 0 Å². The Kier molecular flexibility index (Phi) is 4.59. The van der Waals surface area contributed by atoms with E-state index in [0.29, 0.717) is 18.8 Å². The van der Waals surface area contributed by atoms with Crippen LogP contribution in [-0.2, 0) is 22.5 Å². The Balaban J connectivity index is 1.81. The molecule has 0 radical (unpaired) electrons. The first-order valence-corrected chi connectivity index (χ1v) is 6.02. The van der Waals surface area contributed by atoms with Crippen LogP contribution in [0.15, 0.2) is 0 Å². The van der Waals surface area contributed by atoms with E-state index in [-0.39, 0.29) is 6.42 Å². The molecule has 1 fully saturated rings. The molecule has 0 saturated carbocycles. The maximum Gasteiger partial charge on any atom is 0.303 e. The highest BCUT2D eigenvalue weighted by Crippen LogP contribution is 2.01. The van der Waals surface area contributed by atoms with Gasteiger partial charge < -0.3 is 9.84 Å². The molecule has 1 aliphatic heterocycles. The summed E-state index contributed by atoms with van der Waals surface area (Å²) in [5, 5.41) is 20.0. The van der Waals surface area contributed by atoms with Crippen LogP contribution in [0.2, 0.25) is 0 Å². The summed E-state index contributed by atoms with van der Waals surface area (Å²) in [5.74, 6) is -0.205. The Hall–Kier alpha value is -1.54. The summed E-state index contributed by atoms with van der Waals surface area (Å²) in [7, 11) is 0. The molecule has 0 spiro atoms. The van der Waals surface area contributed by atoms with Gasteiger partial charge in [0.1, 0.15) is 0 Å². The summed E-state index contributed by atoms with van der Waals surface area (Å²) in [6.45, 7) is 4.92. The standard InChI is InChI=1S/C10H17N5O3/c16-10(17)2-1-9-11-12-13-15(9)4-3-14-5-7-18-8-6-14/h1-8H2,(H,16,17). The molecule has 18 heavy (non-hydrogen) atoms. The third kappa shape index (κ3) is 3.74. The fraction of sp³-hybridized carbons (Fsp3) is 0.800. The number of carboxylic acids is 1. The highest BCUT2D eigenvalue weighted by Gasteiger charge is 2.12. The Morgan fingerprint density at radius 3 is 2.83 bits per heavy atom. The smallest absolute Gasteiger partial charge is 0.303 e. The predicted octanol–water partition coefficient (Wildman–Crippen LogP) is -0.977. The molecule has 100 valence electrons. The molecule has 2 heterocycles. The van der Waals surface area contributed by atoms with Crippen LogP contribution < -0.4 is 0 Å². The molecule has 1 aromatic heterocycles. The molecule has 8 nitrogen and oxygen atoms in total. The quantitative estimate of drug-likeness (QED) is 0.698. The van der Waals surface area contributed by atoms with Crippen LogP contribution in [0, 0.1) is 0 Å². The Labute approximate surface area is 105 Å². The van der Waals surface area contributed by atoms with E-state index in [2.05, 4.69) is 20.4 Å². The van der Waals surface area contributed by atoms with Crippen LogP contribution in [0.5, 0.6) is 0 Å². The number of aryl methyl sites for hydroxylation is 1. The van der Waals surface area contributed by atoms with Crippen molar-refractivity contribution in [2.45, 2.75) is 19.4 Å². The number of aromatic nitrogens is 4. The summed E-state index contributed by atoms with van der Waals surface area (Å²) < 4.78 is 6.95. The molecule has 1 saturated heterocycles. The van der Waals surface area contributed by atoms with Gasteiger partial charge in [0.25, 0.3) is 0 Å². The van der Waals surface area contributed by atoms with E-state index in [0.717, 1.165) is 32.8 Å². The normalized spacial score (nSPS) is 16.9. The van der Waals surface area contributed by atoms with Gasteiger partial charge in [-0.25, -0.2) is 4.68 Å². The molecular formula is C10H17N5O3. The minimum Gasteiger partial charge on any atom is -0.481 e. The molecule has 0 atom stereocenters. The van der Waals surface area contributed by atoms with Gasteiger partial charge >= 0.3 is 5.97 Å². The number of carbonyl (C=O) groups is 1. The summed E-state index contributed by atoms with van der Waals surface area (Å²) in [4.78, 5) is 12.8. The first-order chi connectivity index (χ1) is 8.75. The maximum absolute atomic E-state index is 10.5. The van der Waals surface area contributed by atoms with Crippen molar-refractivity contribution < 1.29 is 14.6 Å². The van der Waals surface area contributed by atoms with Crippen molar-refractivity contribution in [3.05, 3.63) is 5.82 Å². The summed E-state index contributed by atoms with van der Waals surface area (Å²) in [6.07, 6.45) is 0.420. The van der Waals surface area contributed by atoms with Crippen LogP contribution in [-0.4, -0.2) is 69.0 Å². The molecule has 0 aromatic carbocycles. The molecule has 8 heteroatoms. The van der Waals surface area contributed by atoms with E-state index in [1.807, 2.05) is 0 Å². The van der Waals surface area contributed by atoms with Crippen LogP contribution >= 0.6 is 0 Å². The van der Waals surface area contributed by atoms with Gasteiger partial charge in [0, 0.05) is 26.1 Å². The molecule has 0 aliphatic carbocycles. The van der Waals surface area contributed by atoms with Crippen molar-refractivity contribution in [2.24, 2.45) is 0 Å². The Morgan fingerprint density at radius 1 is 1.33 bits per heavy atom. The minimum absolute atomic E-state index is 0.0535. The van der Waals surface area contributed by atoms with E-state index in [4.69, 9.17) is 9.84 Å². The van der Waals surface area contributed by atoms with E-state index >= 15 is 0 Å². The first kappa shape index (κ1) is 12.9. The number of nitrogens with zero attached hydrogens (tertiary/aromatic N) is 5. The lowest BCUT2D eigenvalue weighted by Crippen LogP contribution is -2.38. The van der Waals surface area contributed by atoms with E-state index in [9.17, 15) is 4.79 Å². The Bertz CT molecular complexity index is 389. The number of ether oxygens (including phenoxy) is 1. The third-order valence-electron chi connectivity index (χ3n) is 2.90. The van der Waals surface area contributed by atoms with Crippen molar-refractivity contribution in [2.75, 3.05) is 32.8 Å². The third-order valence-corrected chi connectivity index (χ3v) is 2.90. The first-order valence-electron chi connectivity index (χ1n) is 6.02. The van der Waals surface area contributed by atoms with E-state index in [1.54, 1.807) is 4.68 Å². The average molecular weight is 255 g/mol. The SMILES string of the molecule is O=C(O)CCc1nnnn1CCN1CCOCC1. The maximum atomic E-state index is 10.5. The van der Waals surface area contributed by atoms with Crippen LogP contribution in [0.25, 0.3) is 0 Å². The molecule has 2 rings (SSSR count). The van der Waals surface area contributed by atoms with Gasteiger partial charge in [0.05, 0.1) is 26.2 Å². The number of hydrogen-bond acceptors (Lipinski definition) is 6. The van der Waals surface area contributed by atoms with Gasteiger partial charge in [0.15, 0.2) is 5.82 Å². The van der Waals surface area contributed by atoms with E-state index in [1.165, 1.54) is 0 Å². The van der Waals surface area contributed by atoms with Crippen LogP contribution in [0.1, 0.15) is 12.2 Å². The molecular weight excluding hydrogens is 238 g/mol. The molecule has 0 amide bonds. The largest absolute Gasteiger partial charge is 0.481 e. The lowest BCUT2D eigenvalue weighted by atomic mass is 10.3. The molecule has 1 aliphatic rings. The topological polar surface area (TPSA) is 93.4 Å². The van der Waals surface area contributed by atoms with Crippen LogP contribution in [0.3, 0.4) is 0 Å². The minimum atomic E-state index is -0.835. The van der Waals surface area contributed by atoms with Crippen molar-refractivity contribution >= 4 is 5.97 Å². The van der Waals surface area contributed by atoms with Gasteiger partial charge in [-0.15, -0.1) is 5.10 Å². The summed E-state index contributed by atoms with van der Waals surface area (Å²) in [6, 6.07) is 0. The van der Waals surface area contributed by atoms with Gasteiger partial charge in [-0.05, 0) is 10.4 Å². The summed E-state index contributed by atoms with van der Waals surface area (Å²) in [5.41, 5.74) is 0. The average Bonchev–Trinajstić information content (AvgIpc) is 2.82. The lowest BCUT2D eigenvalue weighted by Gasteiger charge is -2.26. The zero-order valence-electron chi connectivity index (χ0n) is 10.2. The Morgan fingerprint density at radius 2 is 2.11 bits per heavy atom. The highest BCUT2D eigenvalue weighted by molar-refractivity contribution is 5.66. The van der Waals surface area contributed by atoms with E-state index < -0.39 is 5.97 Å². The number of rotatable bonds is 6. The molecule has 0 unspecified atom stereocenters. The van der Waals surface area contributed by atoms with Gasteiger partial charge in [-0.1, -0.05) is 0 Å². The number of morpholine rings is 1. The van der Waals surface area contributed by atoms with Gasteiger partial charge in [-0.2, -0.15) is 0 Å². The number of tetrazole rings is 1. The lowest BCUT2D eigenvalue weighted by molar-refractivity contribution is -0.137. The second-order valence-corrected chi connectivity index (χ2v) is 4.17. The van der Waals surface area contributed by atoms with Gasteiger partial charge in [0.2, 0.25) is 0 Å². The molecule has 1 N–H and O–H groups in total. The van der Waals surface area contributed by atoms with Crippen molar-refractivity contribution in [1.82, 2.24) is 25.1 Å². The van der Waals surface area contributed by atoms with Gasteiger partial charge in [-0.3, -0.25) is 9.69 Å².